The molecule has 2 saturated heterocycles. The molecule has 4 heterocycles. The number of anilines is 1. The smallest absolute Gasteiger partial charge is 0.223 e. The van der Waals surface area contributed by atoms with E-state index in [0.717, 1.165) is 55.3 Å². The van der Waals surface area contributed by atoms with Crippen molar-refractivity contribution >= 4 is 11.7 Å². The first-order chi connectivity index (χ1) is 13.6. The van der Waals surface area contributed by atoms with Gasteiger partial charge in [0.25, 0.3) is 0 Å². The molecule has 8 heteroatoms. The van der Waals surface area contributed by atoms with Crippen LogP contribution in [0.15, 0.2) is 16.9 Å². The summed E-state index contributed by atoms with van der Waals surface area (Å²) in [5.74, 6) is 3.02. The Morgan fingerprint density at radius 1 is 1.29 bits per heavy atom. The monoisotopic (exact) mass is 385 g/mol. The first-order valence-corrected chi connectivity index (χ1v) is 9.89. The maximum atomic E-state index is 13.0. The number of likely N-dealkylation sites (tertiary alicyclic amines) is 1. The number of aryl methyl sites for hydroxylation is 2. The first kappa shape index (κ1) is 18.7. The number of amides is 1. The summed E-state index contributed by atoms with van der Waals surface area (Å²) in [4.78, 5) is 25.8. The van der Waals surface area contributed by atoms with E-state index in [9.17, 15) is 4.79 Å². The molecule has 0 aliphatic carbocycles. The number of nitrogens with zero attached hydrogens (tertiary/aromatic N) is 5. The SMILES string of the molecule is COc1cc(N2CCC3CCN(C(=O)CCc4c(C)noc4C)C3C2)ncn1. The number of piperidine rings is 1. The lowest BCUT2D eigenvalue weighted by molar-refractivity contribution is -0.132. The van der Waals surface area contributed by atoms with Gasteiger partial charge in [0.15, 0.2) is 0 Å². The molecule has 8 nitrogen and oxygen atoms in total. The van der Waals surface area contributed by atoms with E-state index in [1.54, 1.807) is 7.11 Å². The zero-order valence-electron chi connectivity index (χ0n) is 16.7. The number of aromatic nitrogens is 3. The molecule has 2 aliphatic rings. The maximum Gasteiger partial charge on any atom is 0.223 e. The second-order valence-electron chi connectivity index (χ2n) is 7.66. The molecular weight excluding hydrogens is 358 g/mol. The van der Waals surface area contributed by atoms with Crippen LogP contribution in [0.3, 0.4) is 0 Å². The number of carbonyl (C=O) groups excluding carboxylic acids is 1. The van der Waals surface area contributed by atoms with Crippen LogP contribution in [-0.4, -0.2) is 58.7 Å². The fraction of sp³-hybridized carbons (Fsp3) is 0.600. The molecule has 2 aromatic heterocycles. The van der Waals surface area contributed by atoms with Gasteiger partial charge in [0, 0.05) is 37.7 Å². The Morgan fingerprint density at radius 3 is 2.86 bits per heavy atom. The molecule has 2 aromatic rings. The summed E-state index contributed by atoms with van der Waals surface area (Å²) in [6.07, 6.45) is 4.86. The van der Waals surface area contributed by atoms with Gasteiger partial charge in [-0.3, -0.25) is 4.79 Å². The molecule has 150 valence electrons. The summed E-state index contributed by atoms with van der Waals surface area (Å²) in [6, 6.07) is 2.10. The predicted molar refractivity (Wildman–Crippen MR) is 103 cm³/mol. The van der Waals surface area contributed by atoms with Gasteiger partial charge in [-0.25, -0.2) is 9.97 Å². The number of fused-ring (bicyclic) bond motifs is 1. The van der Waals surface area contributed by atoms with Gasteiger partial charge in [-0.2, -0.15) is 0 Å². The molecule has 2 aliphatic heterocycles. The summed E-state index contributed by atoms with van der Waals surface area (Å²) in [5.41, 5.74) is 1.94. The van der Waals surface area contributed by atoms with E-state index in [4.69, 9.17) is 9.26 Å². The third-order valence-electron chi connectivity index (χ3n) is 6.11. The van der Waals surface area contributed by atoms with Gasteiger partial charge < -0.3 is 19.1 Å². The Bertz CT molecular complexity index is 833. The summed E-state index contributed by atoms with van der Waals surface area (Å²) in [5, 5.41) is 3.99. The highest BCUT2D eigenvalue weighted by Crippen LogP contribution is 2.34. The fourth-order valence-corrected chi connectivity index (χ4v) is 4.51. The number of hydrogen-bond acceptors (Lipinski definition) is 7. The molecule has 0 saturated carbocycles. The molecule has 1 amide bonds. The second-order valence-corrected chi connectivity index (χ2v) is 7.66. The Hall–Kier alpha value is -2.64. The number of rotatable bonds is 5. The van der Waals surface area contributed by atoms with E-state index >= 15 is 0 Å². The molecule has 2 fully saturated rings. The highest BCUT2D eigenvalue weighted by Gasteiger charge is 2.40. The molecule has 2 atom stereocenters. The van der Waals surface area contributed by atoms with Crippen molar-refractivity contribution in [2.24, 2.45) is 5.92 Å². The van der Waals surface area contributed by atoms with E-state index in [1.807, 2.05) is 19.9 Å². The molecule has 0 N–H and O–H groups in total. The van der Waals surface area contributed by atoms with Gasteiger partial charge in [-0.05, 0) is 39.0 Å². The average Bonchev–Trinajstić information content (AvgIpc) is 3.29. The highest BCUT2D eigenvalue weighted by molar-refractivity contribution is 5.77. The zero-order valence-corrected chi connectivity index (χ0v) is 16.7. The van der Waals surface area contributed by atoms with Crippen molar-refractivity contribution in [2.45, 2.75) is 45.6 Å². The third-order valence-corrected chi connectivity index (χ3v) is 6.11. The molecule has 0 spiro atoms. The van der Waals surface area contributed by atoms with Gasteiger partial charge in [-0.1, -0.05) is 5.16 Å². The minimum atomic E-state index is 0.217. The largest absolute Gasteiger partial charge is 0.481 e. The maximum absolute atomic E-state index is 13.0. The Morgan fingerprint density at radius 2 is 2.11 bits per heavy atom. The van der Waals surface area contributed by atoms with Gasteiger partial charge >= 0.3 is 0 Å². The summed E-state index contributed by atoms with van der Waals surface area (Å²) < 4.78 is 10.4. The summed E-state index contributed by atoms with van der Waals surface area (Å²) in [7, 11) is 1.61. The zero-order chi connectivity index (χ0) is 19.7. The first-order valence-electron chi connectivity index (χ1n) is 9.89. The van der Waals surface area contributed by atoms with Crippen LogP contribution in [0.4, 0.5) is 5.82 Å². The average molecular weight is 385 g/mol. The topological polar surface area (TPSA) is 84.6 Å². The quantitative estimate of drug-likeness (QED) is 0.780. The van der Waals surface area contributed by atoms with Crippen LogP contribution in [0.5, 0.6) is 5.88 Å². The van der Waals surface area contributed by atoms with Crippen molar-refractivity contribution in [1.82, 2.24) is 20.0 Å². The minimum absolute atomic E-state index is 0.217. The van der Waals surface area contributed by atoms with Crippen molar-refractivity contribution in [3.8, 4) is 5.88 Å². The van der Waals surface area contributed by atoms with E-state index in [2.05, 4.69) is 24.9 Å². The van der Waals surface area contributed by atoms with Crippen molar-refractivity contribution in [3.05, 3.63) is 29.4 Å². The lowest BCUT2D eigenvalue weighted by Crippen LogP contribution is -2.50. The second kappa shape index (κ2) is 7.77. The van der Waals surface area contributed by atoms with Crippen LogP contribution in [0.25, 0.3) is 0 Å². The molecular formula is C20H27N5O3. The number of carbonyl (C=O) groups is 1. The van der Waals surface area contributed by atoms with Crippen LogP contribution in [0, 0.1) is 19.8 Å². The van der Waals surface area contributed by atoms with Crippen LogP contribution in [-0.2, 0) is 11.2 Å². The molecule has 4 rings (SSSR count). The normalized spacial score (nSPS) is 21.7. The number of hydrogen-bond donors (Lipinski definition) is 0. The van der Waals surface area contributed by atoms with Gasteiger partial charge in [0.2, 0.25) is 11.8 Å². The van der Waals surface area contributed by atoms with Crippen LogP contribution < -0.4 is 9.64 Å². The summed E-state index contributed by atoms with van der Waals surface area (Å²) in [6.45, 7) is 6.43. The van der Waals surface area contributed by atoms with E-state index in [-0.39, 0.29) is 11.9 Å². The number of methoxy groups -OCH3 is 1. The molecule has 0 bridgehead atoms. The van der Waals surface area contributed by atoms with Crippen LogP contribution in [0.2, 0.25) is 0 Å². The Balaban J connectivity index is 1.42. The molecule has 28 heavy (non-hydrogen) atoms. The van der Waals surface area contributed by atoms with E-state index < -0.39 is 0 Å². The minimum Gasteiger partial charge on any atom is -0.481 e. The highest BCUT2D eigenvalue weighted by atomic mass is 16.5. The molecule has 2 unspecified atom stereocenters. The van der Waals surface area contributed by atoms with Gasteiger partial charge in [-0.15, -0.1) is 0 Å². The number of ether oxygens (including phenoxy) is 1. The van der Waals surface area contributed by atoms with Crippen molar-refractivity contribution < 1.29 is 14.1 Å². The summed E-state index contributed by atoms with van der Waals surface area (Å²) >= 11 is 0. The van der Waals surface area contributed by atoms with Crippen molar-refractivity contribution in [3.63, 3.8) is 0 Å². The Labute approximate surface area is 164 Å². The molecule has 0 radical (unpaired) electrons. The van der Waals surface area contributed by atoms with E-state index in [0.29, 0.717) is 24.6 Å². The lowest BCUT2D eigenvalue weighted by atomic mass is 9.92. The molecule has 0 aromatic carbocycles. The van der Waals surface area contributed by atoms with Gasteiger partial charge in [0.05, 0.1) is 18.8 Å². The third kappa shape index (κ3) is 3.55. The fourth-order valence-electron chi connectivity index (χ4n) is 4.51. The lowest BCUT2D eigenvalue weighted by Gasteiger charge is -2.39. The van der Waals surface area contributed by atoms with Crippen molar-refractivity contribution in [1.29, 1.82) is 0 Å². The van der Waals surface area contributed by atoms with Crippen molar-refractivity contribution in [2.75, 3.05) is 31.6 Å². The van der Waals surface area contributed by atoms with Crippen LogP contribution in [0.1, 0.15) is 36.3 Å². The Kier molecular flexibility index (Phi) is 5.19. The predicted octanol–water partition coefficient (Wildman–Crippen LogP) is 2.15. The van der Waals surface area contributed by atoms with Crippen LogP contribution >= 0.6 is 0 Å². The standard InChI is InChI=1S/C20H27N5O3/c1-13-16(14(2)28-23-13)4-5-20(26)25-9-7-15-6-8-24(11-17(15)25)18-10-19(27-3)22-12-21-18/h10,12,15,17H,4-9,11H2,1-3H3. The van der Waals surface area contributed by atoms with E-state index in [1.165, 1.54) is 6.33 Å². The van der Waals surface area contributed by atoms with Gasteiger partial charge in [0.1, 0.15) is 17.9 Å².